The summed E-state index contributed by atoms with van der Waals surface area (Å²) < 4.78 is 11.0. The SMILES string of the molecule is CCOc1ccccc1/C=N/NC(=O)COc1cc(C)ccc1C. The molecular formula is C19H22N2O3. The minimum absolute atomic E-state index is 0.0886. The highest BCUT2D eigenvalue weighted by molar-refractivity contribution is 5.85. The van der Waals surface area contributed by atoms with Crippen molar-refractivity contribution >= 4 is 12.1 Å². The molecule has 2 aromatic carbocycles. The first-order valence-corrected chi connectivity index (χ1v) is 7.84. The van der Waals surface area contributed by atoms with E-state index < -0.39 is 0 Å². The summed E-state index contributed by atoms with van der Waals surface area (Å²) in [5.41, 5.74) is 5.33. The van der Waals surface area contributed by atoms with Gasteiger partial charge in [0.05, 0.1) is 12.8 Å². The first-order valence-electron chi connectivity index (χ1n) is 7.84. The molecule has 0 fully saturated rings. The van der Waals surface area contributed by atoms with Crippen molar-refractivity contribution in [2.45, 2.75) is 20.8 Å². The number of hydrogen-bond acceptors (Lipinski definition) is 4. The summed E-state index contributed by atoms with van der Waals surface area (Å²) in [7, 11) is 0. The second kappa shape index (κ2) is 8.72. The number of nitrogens with zero attached hydrogens (tertiary/aromatic N) is 1. The Bertz CT molecular complexity index is 726. The monoisotopic (exact) mass is 326 g/mol. The van der Waals surface area contributed by atoms with E-state index in [2.05, 4.69) is 10.5 Å². The highest BCUT2D eigenvalue weighted by atomic mass is 16.5. The fourth-order valence-electron chi connectivity index (χ4n) is 2.09. The molecule has 0 radical (unpaired) electrons. The van der Waals surface area contributed by atoms with Crippen LogP contribution >= 0.6 is 0 Å². The summed E-state index contributed by atoms with van der Waals surface area (Å²) in [6.45, 7) is 6.32. The van der Waals surface area contributed by atoms with Gasteiger partial charge in [0.15, 0.2) is 6.61 Å². The molecule has 5 nitrogen and oxygen atoms in total. The number of carbonyl (C=O) groups excluding carboxylic acids is 1. The van der Waals surface area contributed by atoms with Crippen LogP contribution in [-0.4, -0.2) is 25.3 Å². The predicted octanol–water partition coefficient (Wildman–Crippen LogP) is 3.23. The number of para-hydroxylation sites is 1. The Kier molecular flexibility index (Phi) is 6.37. The zero-order valence-corrected chi connectivity index (χ0v) is 14.2. The normalized spacial score (nSPS) is 10.6. The van der Waals surface area contributed by atoms with Crippen molar-refractivity contribution in [2.75, 3.05) is 13.2 Å². The third kappa shape index (κ3) is 5.12. The Morgan fingerprint density at radius 1 is 1.12 bits per heavy atom. The van der Waals surface area contributed by atoms with Crippen LogP contribution in [0.2, 0.25) is 0 Å². The number of aryl methyl sites for hydroxylation is 2. The van der Waals surface area contributed by atoms with Crippen LogP contribution in [0, 0.1) is 13.8 Å². The largest absolute Gasteiger partial charge is 0.493 e. The van der Waals surface area contributed by atoms with E-state index in [9.17, 15) is 4.79 Å². The average molecular weight is 326 g/mol. The molecule has 0 aliphatic heterocycles. The van der Waals surface area contributed by atoms with Crippen LogP contribution in [0.15, 0.2) is 47.6 Å². The van der Waals surface area contributed by atoms with Gasteiger partial charge in [0.1, 0.15) is 11.5 Å². The molecule has 2 rings (SSSR count). The van der Waals surface area contributed by atoms with Crippen LogP contribution in [0.5, 0.6) is 11.5 Å². The molecule has 0 spiro atoms. The molecule has 0 saturated carbocycles. The molecule has 2 aromatic rings. The third-order valence-corrected chi connectivity index (χ3v) is 3.31. The molecule has 0 aliphatic carbocycles. The Balaban J connectivity index is 1.88. The maximum Gasteiger partial charge on any atom is 0.277 e. The van der Waals surface area contributed by atoms with Crippen molar-refractivity contribution in [3.63, 3.8) is 0 Å². The molecule has 1 N–H and O–H groups in total. The highest BCUT2D eigenvalue weighted by Crippen LogP contribution is 2.19. The lowest BCUT2D eigenvalue weighted by molar-refractivity contribution is -0.123. The lowest BCUT2D eigenvalue weighted by Gasteiger charge is -2.09. The summed E-state index contributed by atoms with van der Waals surface area (Å²) in [5, 5.41) is 3.95. The minimum Gasteiger partial charge on any atom is -0.493 e. The second-order valence-corrected chi connectivity index (χ2v) is 5.32. The molecule has 0 atom stereocenters. The van der Waals surface area contributed by atoms with Gasteiger partial charge in [-0.05, 0) is 50.1 Å². The van der Waals surface area contributed by atoms with Crippen LogP contribution < -0.4 is 14.9 Å². The number of carbonyl (C=O) groups is 1. The summed E-state index contributed by atoms with van der Waals surface area (Å²) >= 11 is 0. The number of amides is 1. The van der Waals surface area contributed by atoms with Gasteiger partial charge in [-0.25, -0.2) is 5.43 Å². The van der Waals surface area contributed by atoms with Crippen LogP contribution in [0.3, 0.4) is 0 Å². The number of benzene rings is 2. The van der Waals surface area contributed by atoms with Crippen molar-refractivity contribution < 1.29 is 14.3 Å². The Labute approximate surface area is 142 Å². The van der Waals surface area contributed by atoms with Gasteiger partial charge in [0, 0.05) is 5.56 Å². The fourth-order valence-corrected chi connectivity index (χ4v) is 2.09. The van der Waals surface area contributed by atoms with Crippen LogP contribution in [0.4, 0.5) is 0 Å². The van der Waals surface area contributed by atoms with E-state index in [4.69, 9.17) is 9.47 Å². The number of hydrazone groups is 1. The fraction of sp³-hybridized carbons (Fsp3) is 0.263. The van der Waals surface area contributed by atoms with E-state index in [-0.39, 0.29) is 12.5 Å². The molecule has 24 heavy (non-hydrogen) atoms. The first kappa shape index (κ1) is 17.5. The van der Waals surface area contributed by atoms with E-state index in [1.54, 1.807) is 6.21 Å². The third-order valence-electron chi connectivity index (χ3n) is 3.31. The van der Waals surface area contributed by atoms with E-state index in [0.29, 0.717) is 12.4 Å². The molecule has 126 valence electrons. The number of hydrogen-bond donors (Lipinski definition) is 1. The standard InChI is InChI=1S/C19H22N2O3/c1-4-23-17-8-6-5-7-16(17)12-20-21-19(22)13-24-18-11-14(2)9-10-15(18)3/h5-12H,4,13H2,1-3H3,(H,21,22)/b20-12+. The van der Waals surface area contributed by atoms with Crippen molar-refractivity contribution in [2.24, 2.45) is 5.10 Å². The number of ether oxygens (including phenoxy) is 2. The molecule has 0 aliphatic rings. The Hall–Kier alpha value is -2.82. The Morgan fingerprint density at radius 2 is 1.92 bits per heavy atom. The average Bonchev–Trinajstić information content (AvgIpc) is 2.57. The lowest BCUT2D eigenvalue weighted by atomic mass is 10.1. The van der Waals surface area contributed by atoms with Gasteiger partial charge in [-0.15, -0.1) is 0 Å². The predicted molar refractivity (Wildman–Crippen MR) is 94.8 cm³/mol. The molecule has 1 amide bonds. The van der Waals surface area contributed by atoms with Gasteiger partial charge in [-0.3, -0.25) is 4.79 Å². The maximum atomic E-state index is 11.8. The lowest BCUT2D eigenvalue weighted by Crippen LogP contribution is -2.24. The van der Waals surface area contributed by atoms with Crippen molar-refractivity contribution in [3.8, 4) is 11.5 Å². The van der Waals surface area contributed by atoms with Gasteiger partial charge >= 0.3 is 0 Å². The molecule has 0 saturated heterocycles. The maximum absolute atomic E-state index is 11.8. The van der Waals surface area contributed by atoms with Crippen LogP contribution in [0.1, 0.15) is 23.6 Å². The van der Waals surface area contributed by atoms with Gasteiger partial charge in [0.2, 0.25) is 0 Å². The van der Waals surface area contributed by atoms with E-state index in [1.807, 2.05) is 63.2 Å². The van der Waals surface area contributed by atoms with E-state index >= 15 is 0 Å². The topological polar surface area (TPSA) is 59.9 Å². The Morgan fingerprint density at radius 3 is 2.71 bits per heavy atom. The van der Waals surface area contributed by atoms with Crippen molar-refractivity contribution in [1.82, 2.24) is 5.43 Å². The van der Waals surface area contributed by atoms with Crippen molar-refractivity contribution in [3.05, 3.63) is 59.2 Å². The molecule has 0 aromatic heterocycles. The van der Waals surface area contributed by atoms with Gasteiger partial charge in [0.25, 0.3) is 5.91 Å². The minimum atomic E-state index is -0.318. The zero-order chi connectivity index (χ0) is 17.4. The van der Waals surface area contributed by atoms with Gasteiger partial charge < -0.3 is 9.47 Å². The van der Waals surface area contributed by atoms with Crippen LogP contribution in [0.25, 0.3) is 0 Å². The molecule has 0 heterocycles. The van der Waals surface area contributed by atoms with E-state index in [1.165, 1.54) is 0 Å². The summed E-state index contributed by atoms with van der Waals surface area (Å²) in [5.74, 6) is 1.11. The van der Waals surface area contributed by atoms with Gasteiger partial charge in [-0.1, -0.05) is 24.3 Å². The summed E-state index contributed by atoms with van der Waals surface area (Å²) in [6, 6.07) is 13.4. The van der Waals surface area contributed by atoms with Crippen LogP contribution in [-0.2, 0) is 4.79 Å². The summed E-state index contributed by atoms with van der Waals surface area (Å²) in [6.07, 6.45) is 1.56. The molecule has 0 unspecified atom stereocenters. The second-order valence-electron chi connectivity index (χ2n) is 5.32. The molecule has 5 heteroatoms. The van der Waals surface area contributed by atoms with Crippen molar-refractivity contribution in [1.29, 1.82) is 0 Å². The number of nitrogens with one attached hydrogen (secondary N) is 1. The number of rotatable bonds is 7. The molecular weight excluding hydrogens is 304 g/mol. The van der Waals surface area contributed by atoms with E-state index in [0.717, 1.165) is 22.4 Å². The van der Waals surface area contributed by atoms with Gasteiger partial charge in [-0.2, -0.15) is 5.10 Å². The first-order chi connectivity index (χ1) is 11.6. The highest BCUT2D eigenvalue weighted by Gasteiger charge is 2.05. The smallest absolute Gasteiger partial charge is 0.277 e. The quantitative estimate of drug-likeness (QED) is 0.628. The molecule has 0 bridgehead atoms. The summed E-state index contributed by atoms with van der Waals surface area (Å²) in [4.78, 5) is 11.8. The zero-order valence-electron chi connectivity index (χ0n) is 14.2.